The molecule has 1 aromatic carbocycles. The van der Waals surface area contributed by atoms with Crippen LogP contribution in [-0.4, -0.2) is 31.5 Å². The number of rotatable bonds is 7. The number of hydrogen-bond acceptors (Lipinski definition) is 3. The fourth-order valence-corrected chi connectivity index (χ4v) is 1.55. The minimum absolute atomic E-state index is 0.146. The molecule has 1 rings (SSSR count). The lowest BCUT2D eigenvalue weighted by Crippen LogP contribution is -2.32. The van der Waals surface area contributed by atoms with Crippen LogP contribution in [-0.2, 0) is 4.74 Å². The quantitative estimate of drug-likeness (QED) is 0.739. The zero-order valence-electron chi connectivity index (χ0n) is 10.0. The molecule has 0 aliphatic carbocycles. The first kappa shape index (κ1) is 13.2. The van der Waals surface area contributed by atoms with E-state index in [1.165, 1.54) is 5.56 Å². The summed E-state index contributed by atoms with van der Waals surface area (Å²) in [4.78, 5) is 0. The Kier molecular flexibility index (Phi) is 6.08. The van der Waals surface area contributed by atoms with Gasteiger partial charge in [0.05, 0.1) is 18.8 Å². The Balaban J connectivity index is 2.54. The average molecular weight is 223 g/mol. The lowest BCUT2D eigenvalue weighted by molar-refractivity contribution is 0.136. The molecular weight excluding hydrogens is 202 g/mol. The summed E-state index contributed by atoms with van der Waals surface area (Å²) in [7, 11) is 1.69. The highest BCUT2D eigenvalue weighted by atomic mass is 16.5. The van der Waals surface area contributed by atoms with Gasteiger partial charge >= 0.3 is 0 Å². The van der Waals surface area contributed by atoms with Crippen molar-refractivity contribution in [1.29, 1.82) is 0 Å². The largest absolute Gasteiger partial charge is 0.392 e. The number of aliphatic hydroxyl groups is 1. The van der Waals surface area contributed by atoms with Crippen LogP contribution in [0.3, 0.4) is 0 Å². The van der Waals surface area contributed by atoms with Gasteiger partial charge in [0, 0.05) is 13.7 Å². The van der Waals surface area contributed by atoms with Gasteiger partial charge in [0.25, 0.3) is 0 Å². The van der Waals surface area contributed by atoms with Crippen LogP contribution in [0, 0.1) is 0 Å². The number of nitrogens with one attached hydrogen (secondary N) is 1. The average Bonchev–Trinajstić information content (AvgIpc) is 2.35. The molecule has 0 heterocycles. The van der Waals surface area contributed by atoms with Crippen LogP contribution in [0.4, 0.5) is 0 Å². The SMILES string of the molecule is CC[C@@H](O)CN[C@@H](COC)c1ccccc1. The van der Waals surface area contributed by atoms with Crippen molar-refractivity contribution in [3.63, 3.8) is 0 Å². The van der Waals surface area contributed by atoms with Gasteiger partial charge in [-0.25, -0.2) is 0 Å². The molecule has 90 valence electrons. The second-order valence-electron chi connectivity index (χ2n) is 3.89. The van der Waals surface area contributed by atoms with Crippen LogP contribution in [0.25, 0.3) is 0 Å². The van der Waals surface area contributed by atoms with Crippen molar-refractivity contribution >= 4 is 0 Å². The van der Waals surface area contributed by atoms with Crippen molar-refractivity contribution < 1.29 is 9.84 Å². The molecule has 0 fully saturated rings. The molecule has 16 heavy (non-hydrogen) atoms. The van der Waals surface area contributed by atoms with E-state index in [4.69, 9.17) is 4.74 Å². The first-order chi connectivity index (χ1) is 7.77. The number of aliphatic hydroxyl groups excluding tert-OH is 1. The molecular formula is C13H21NO2. The summed E-state index contributed by atoms with van der Waals surface area (Å²) in [6.45, 7) is 3.18. The Morgan fingerprint density at radius 2 is 2.00 bits per heavy atom. The third-order valence-corrected chi connectivity index (χ3v) is 2.61. The van der Waals surface area contributed by atoms with E-state index in [0.717, 1.165) is 6.42 Å². The second-order valence-corrected chi connectivity index (χ2v) is 3.89. The molecule has 0 amide bonds. The third kappa shape index (κ3) is 4.31. The molecule has 3 heteroatoms. The summed E-state index contributed by atoms with van der Waals surface area (Å²) >= 11 is 0. The van der Waals surface area contributed by atoms with Gasteiger partial charge in [-0.05, 0) is 12.0 Å². The van der Waals surface area contributed by atoms with Crippen molar-refractivity contribution in [2.75, 3.05) is 20.3 Å². The van der Waals surface area contributed by atoms with Gasteiger partial charge in [-0.1, -0.05) is 37.3 Å². The van der Waals surface area contributed by atoms with Gasteiger partial charge in [0.2, 0.25) is 0 Å². The maximum absolute atomic E-state index is 9.52. The number of methoxy groups -OCH3 is 1. The Bertz CT molecular complexity index is 277. The molecule has 0 aliphatic heterocycles. The maximum atomic E-state index is 9.52. The lowest BCUT2D eigenvalue weighted by Gasteiger charge is -2.20. The highest BCUT2D eigenvalue weighted by molar-refractivity contribution is 5.18. The maximum Gasteiger partial charge on any atom is 0.0662 e. The van der Waals surface area contributed by atoms with Gasteiger partial charge in [0.15, 0.2) is 0 Å². The monoisotopic (exact) mass is 223 g/mol. The number of ether oxygens (including phenoxy) is 1. The first-order valence-electron chi connectivity index (χ1n) is 5.73. The number of hydrogen-bond donors (Lipinski definition) is 2. The molecule has 2 N–H and O–H groups in total. The van der Waals surface area contributed by atoms with Gasteiger partial charge in [-0.3, -0.25) is 0 Å². The predicted octanol–water partition coefficient (Wildman–Crippen LogP) is 1.73. The highest BCUT2D eigenvalue weighted by Crippen LogP contribution is 2.12. The molecule has 0 saturated heterocycles. The van der Waals surface area contributed by atoms with Crippen LogP contribution < -0.4 is 5.32 Å². The minimum Gasteiger partial charge on any atom is -0.392 e. The van der Waals surface area contributed by atoms with Crippen LogP contribution in [0.15, 0.2) is 30.3 Å². The van der Waals surface area contributed by atoms with Crippen LogP contribution in [0.5, 0.6) is 0 Å². The molecule has 3 nitrogen and oxygen atoms in total. The second kappa shape index (κ2) is 7.39. The van der Waals surface area contributed by atoms with E-state index in [-0.39, 0.29) is 12.1 Å². The van der Waals surface area contributed by atoms with Crippen molar-refractivity contribution in [1.82, 2.24) is 5.32 Å². The molecule has 0 radical (unpaired) electrons. The van der Waals surface area contributed by atoms with Crippen molar-refractivity contribution in [2.45, 2.75) is 25.5 Å². The van der Waals surface area contributed by atoms with E-state index in [9.17, 15) is 5.11 Å². The molecule has 0 bridgehead atoms. The first-order valence-corrected chi connectivity index (χ1v) is 5.73. The molecule has 0 unspecified atom stereocenters. The molecule has 2 atom stereocenters. The molecule has 1 aromatic rings. The fraction of sp³-hybridized carbons (Fsp3) is 0.538. The Morgan fingerprint density at radius 3 is 2.56 bits per heavy atom. The van der Waals surface area contributed by atoms with Crippen LogP contribution in [0.1, 0.15) is 24.9 Å². The summed E-state index contributed by atoms with van der Waals surface area (Å²) in [6, 6.07) is 10.3. The van der Waals surface area contributed by atoms with Gasteiger partial charge in [0.1, 0.15) is 0 Å². The smallest absolute Gasteiger partial charge is 0.0662 e. The zero-order valence-corrected chi connectivity index (χ0v) is 10.0. The van der Waals surface area contributed by atoms with Crippen LogP contribution >= 0.6 is 0 Å². The Labute approximate surface area is 97.4 Å². The predicted molar refractivity (Wildman–Crippen MR) is 65.4 cm³/mol. The minimum atomic E-state index is -0.289. The van der Waals surface area contributed by atoms with Crippen molar-refractivity contribution in [3.05, 3.63) is 35.9 Å². The van der Waals surface area contributed by atoms with Crippen molar-refractivity contribution in [3.8, 4) is 0 Å². The highest BCUT2D eigenvalue weighted by Gasteiger charge is 2.11. The van der Waals surface area contributed by atoms with Gasteiger partial charge in [-0.15, -0.1) is 0 Å². The lowest BCUT2D eigenvalue weighted by atomic mass is 10.1. The summed E-state index contributed by atoms with van der Waals surface area (Å²) in [6.07, 6.45) is 0.477. The van der Waals surface area contributed by atoms with E-state index >= 15 is 0 Å². The molecule has 0 saturated carbocycles. The van der Waals surface area contributed by atoms with E-state index in [0.29, 0.717) is 13.2 Å². The van der Waals surface area contributed by atoms with Crippen molar-refractivity contribution in [2.24, 2.45) is 0 Å². The molecule has 0 aliphatic rings. The Hall–Kier alpha value is -0.900. The summed E-state index contributed by atoms with van der Waals surface area (Å²) in [5.74, 6) is 0. The summed E-state index contributed by atoms with van der Waals surface area (Å²) in [5, 5.41) is 12.8. The van der Waals surface area contributed by atoms with Gasteiger partial charge in [-0.2, -0.15) is 0 Å². The zero-order chi connectivity index (χ0) is 11.8. The molecule has 0 spiro atoms. The van der Waals surface area contributed by atoms with E-state index in [1.54, 1.807) is 7.11 Å². The standard InChI is InChI=1S/C13H21NO2/c1-3-12(15)9-14-13(10-16-2)11-7-5-4-6-8-11/h4-8,12-15H,3,9-10H2,1-2H3/t12-,13+/m1/s1. The molecule has 0 aromatic heterocycles. The fourth-order valence-electron chi connectivity index (χ4n) is 1.55. The van der Waals surface area contributed by atoms with Gasteiger partial charge < -0.3 is 15.2 Å². The Morgan fingerprint density at radius 1 is 1.31 bits per heavy atom. The van der Waals surface area contributed by atoms with Crippen LogP contribution in [0.2, 0.25) is 0 Å². The number of benzene rings is 1. The van der Waals surface area contributed by atoms with E-state index in [2.05, 4.69) is 17.4 Å². The summed E-state index contributed by atoms with van der Waals surface area (Å²) < 4.78 is 5.18. The van der Waals surface area contributed by atoms with E-state index in [1.807, 2.05) is 25.1 Å². The normalized spacial score (nSPS) is 14.7. The topological polar surface area (TPSA) is 41.5 Å². The van der Waals surface area contributed by atoms with E-state index < -0.39 is 0 Å². The summed E-state index contributed by atoms with van der Waals surface area (Å²) in [5.41, 5.74) is 1.19. The third-order valence-electron chi connectivity index (χ3n) is 2.61.